The molecule has 1 heterocycles. The van der Waals surface area contributed by atoms with Gasteiger partial charge in [0.2, 0.25) is 5.91 Å². The van der Waals surface area contributed by atoms with Crippen molar-refractivity contribution >= 4 is 46.6 Å². The van der Waals surface area contributed by atoms with Gasteiger partial charge in [-0.25, -0.2) is 0 Å². The van der Waals surface area contributed by atoms with Crippen molar-refractivity contribution in [2.24, 2.45) is 0 Å². The smallest absolute Gasteiger partial charge is 0.238 e. The van der Waals surface area contributed by atoms with Gasteiger partial charge in [-0.15, -0.1) is 11.8 Å². The molecule has 0 N–H and O–H groups in total. The number of halogens is 2. The first-order chi connectivity index (χ1) is 10.6. The summed E-state index contributed by atoms with van der Waals surface area (Å²) in [6, 6.07) is 12.9. The first kappa shape index (κ1) is 15.5. The Morgan fingerprint density at radius 1 is 1.18 bits per heavy atom. The Morgan fingerprint density at radius 3 is 2.55 bits per heavy atom. The fourth-order valence-corrected chi connectivity index (χ4v) is 3.95. The fraction of sp³-hybridized carbons (Fsp3) is 0.188. The van der Waals surface area contributed by atoms with E-state index in [9.17, 15) is 4.79 Å². The first-order valence-corrected chi connectivity index (χ1v) is 8.43. The molecule has 22 heavy (non-hydrogen) atoms. The van der Waals surface area contributed by atoms with E-state index in [-0.39, 0.29) is 11.3 Å². The molecular formula is C16H13Cl2NO2S. The van der Waals surface area contributed by atoms with E-state index in [1.165, 1.54) is 0 Å². The van der Waals surface area contributed by atoms with E-state index in [0.29, 0.717) is 21.5 Å². The SMILES string of the molecule is COc1ccc([C@H]2SCC(=O)N2c2ccc(Cl)cc2)cc1Cl. The molecule has 0 aromatic heterocycles. The minimum absolute atomic E-state index is 0.0734. The van der Waals surface area contributed by atoms with Gasteiger partial charge in [0.25, 0.3) is 0 Å². The molecule has 1 atom stereocenters. The molecule has 6 heteroatoms. The first-order valence-electron chi connectivity index (χ1n) is 6.63. The third-order valence-corrected chi connectivity index (χ3v) is 5.19. The number of anilines is 1. The van der Waals surface area contributed by atoms with Gasteiger partial charge in [0.05, 0.1) is 17.9 Å². The molecule has 0 aliphatic carbocycles. The summed E-state index contributed by atoms with van der Waals surface area (Å²) in [5.74, 6) is 1.14. The number of ether oxygens (including phenoxy) is 1. The molecular weight excluding hydrogens is 341 g/mol. The van der Waals surface area contributed by atoms with Crippen molar-refractivity contribution in [3.05, 3.63) is 58.1 Å². The van der Waals surface area contributed by atoms with E-state index >= 15 is 0 Å². The number of carbonyl (C=O) groups is 1. The summed E-state index contributed by atoms with van der Waals surface area (Å²) in [7, 11) is 1.58. The van der Waals surface area contributed by atoms with Gasteiger partial charge >= 0.3 is 0 Å². The molecule has 3 nitrogen and oxygen atoms in total. The van der Waals surface area contributed by atoms with Crippen molar-refractivity contribution in [3.8, 4) is 5.75 Å². The van der Waals surface area contributed by atoms with Gasteiger partial charge in [0.1, 0.15) is 11.1 Å². The maximum absolute atomic E-state index is 12.3. The Balaban J connectivity index is 1.96. The standard InChI is InChI=1S/C16H13Cl2NO2S/c1-21-14-7-2-10(8-13(14)18)16-19(15(20)9-22-16)12-5-3-11(17)4-6-12/h2-8,16H,9H2,1H3/t16-/m1/s1. The Kier molecular flexibility index (Phi) is 4.52. The van der Waals surface area contributed by atoms with Crippen molar-refractivity contribution in [1.82, 2.24) is 0 Å². The number of hydrogen-bond donors (Lipinski definition) is 0. The molecule has 0 spiro atoms. The summed E-state index contributed by atoms with van der Waals surface area (Å²) < 4.78 is 5.17. The number of rotatable bonds is 3. The van der Waals surface area contributed by atoms with Crippen molar-refractivity contribution < 1.29 is 9.53 Å². The number of carbonyl (C=O) groups excluding carboxylic acids is 1. The second-order valence-corrected chi connectivity index (χ2v) is 6.71. The summed E-state index contributed by atoms with van der Waals surface area (Å²) in [6.45, 7) is 0. The lowest BCUT2D eigenvalue weighted by Crippen LogP contribution is -2.27. The van der Waals surface area contributed by atoms with E-state index in [4.69, 9.17) is 27.9 Å². The molecule has 3 rings (SSSR count). The van der Waals surface area contributed by atoms with Crippen LogP contribution in [0.5, 0.6) is 5.75 Å². The van der Waals surface area contributed by atoms with E-state index in [1.807, 2.05) is 30.3 Å². The van der Waals surface area contributed by atoms with Gasteiger partial charge < -0.3 is 4.74 Å². The van der Waals surface area contributed by atoms with Crippen LogP contribution >= 0.6 is 35.0 Å². The Morgan fingerprint density at radius 2 is 1.91 bits per heavy atom. The highest BCUT2D eigenvalue weighted by Gasteiger charge is 2.34. The molecule has 1 saturated heterocycles. The maximum Gasteiger partial charge on any atom is 0.238 e. The topological polar surface area (TPSA) is 29.5 Å². The molecule has 0 radical (unpaired) electrons. The lowest BCUT2D eigenvalue weighted by atomic mass is 10.1. The second kappa shape index (κ2) is 6.41. The van der Waals surface area contributed by atoms with Crippen molar-refractivity contribution in [2.45, 2.75) is 5.37 Å². The van der Waals surface area contributed by atoms with Crippen LogP contribution in [0.15, 0.2) is 42.5 Å². The number of benzene rings is 2. The van der Waals surface area contributed by atoms with Crippen LogP contribution in [0.4, 0.5) is 5.69 Å². The highest BCUT2D eigenvalue weighted by Crippen LogP contribution is 2.43. The fourth-order valence-electron chi connectivity index (χ4n) is 2.39. The van der Waals surface area contributed by atoms with Crippen LogP contribution in [0.2, 0.25) is 10.0 Å². The summed E-state index contributed by atoms with van der Waals surface area (Å²) in [5.41, 5.74) is 1.80. The Labute approximate surface area is 143 Å². The largest absolute Gasteiger partial charge is 0.495 e. The van der Waals surface area contributed by atoms with Crippen LogP contribution in [0.1, 0.15) is 10.9 Å². The van der Waals surface area contributed by atoms with Crippen LogP contribution in [-0.4, -0.2) is 18.8 Å². The van der Waals surface area contributed by atoms with Crippen LogP contribution in [0, 0.1) is 0 Å². The molecule has 0 saturated carbocycles. The van der Waals surface area contributed by atoms with E-state index in [1.54, 1.807) is 35.9 Å². The van der Waals surface area contributed by atoms with Gasteiger partial charge in [0, 0.05) is 10.7 Å². The molecule has 114 valence electrons. The van der Waals surface area contributed by atoms with Crippen LogP contribution in [0.25, 0.3) is 0 Å². The van der Waals surface area contributed by atoms with E-state index in [0.717, 1.165) is 11.3 Å². The summed E-state index contributed by atoms with van der Waals surface area (Å²) in [6.07, 6.45) is 0. The molecule has 0 bridgehead atoms. The van der Waals surface area contributed by atoms with Gasteiger partial charge in [-0.3, -0.25) is 9.69 Å². The molecule has 0 unspecified atom stereocenters. The Bertz CT molecular complexity index is 706. The lowest BCUT2D eigenvalue weighted by molar-refractivity contribution is -0.115. The minimum atomic E-state index is -0.0999. The molecule has 1 aliphatic heterocycles. The second-order valence-electron chi connectivity index (χ2n) is 4.80. The number of thioether (sulfide) groups is 1. The van der Waals surface area contributed by atoms with Crippen molar-refractivity contribution in [2.75, 3.05) is 17.8 Å². The molecule has 1 amide bonds. The number of nitrogens with zero attached hydrogens (tertiary/aromatic N) is 1. The number of hydrogen-bond acceptors (Lipinski definition) is 3. The van der Waals surface area contributed by atoms with Gasteiger partial charge in [-0.1, -0.05) is 29.3 Å². The minimum Gasteiger partial charge on any atom is -0.495 e. The molecule has 2 aromatic carbocycles. The summed E-state index contributed by atoms with van der Waals surface area (Å²) in [5, 5.41) is 1.08. The third-order valence-electron chi connectivity index (χ3n) is 3.43. The predicted octanol–water partition coefficient (Wildman–Crippen LogP) is 4.78. The molecule has 1 aliphatic rings. The molecule has 2 aromatic rings. The zero-order valence-electron chi connectivity index (χ0n) is 11.8. The normalized spacial score (nSPS) is 17.9. The molecule has 1 fully saturated rings. The number of amides is 1. The Hall–Kier alpha value is -1.36. The van der Waals surface area contributed by atoms with Crippen LogP contribution in [0.3, 0.4) is 0 Å². The van der Waals surface area contributed by atoms with Crippen molar-refractivity contribution in [3.63, 3.8) is 0 Å². The number of methoxy groups -OCH3 is 1. The average Bonchev–Trinajstić information content (AvgIpc) is 2.90. The van der Waals surface area contributed by atoms with Crippen molar-refractivity contribution in [1.29, 1.82) is 0 Å². The van der Waals surface area contributed by atoms with Gasteiger partial charge in [-0.05, 0) is 42.0 Å². The third kappa shape index (κ3) is 2.91. The predicted molar refractivity (Wildman–Crippen MR) is 92.1 cm³/mol. The zero-order chi connectivity index (χ0) is 15.7. The monoisotopic (exact) mass is 353 g/mol. The summed E-state index contributed by atoms with van der Waals surface area (Å²) >= 11 is 13.7. The zero-order valence-corrected chi connectivity index (χ0v) is 14.1. The quantitative estimate of drug-likeness (QED) is 0.794. The van der Waals surface area contributed by atoms with Gasteiger partial charge in [-0.2, -0.15) is 0 Å². The highest BCUT2D eigenvalue weighted by molar-refractivity contribution is 8.00. The maximum atomic E-state index is 12.3. The highest BCUT2D eigenvalue weighted by atomic mass is 35.5. The van der Waals surface area contributed by atoms with E-state index in [2.05, 4.69) is 0 Å². The van der Waals surface area contributed by atoms with E-state index < -0.39 is 0 Å². The average molecular weight is 354 g/mol. The summed E-state index contributed by atoms with van der Waals surface area (Å²) in [4.78, 5) is 14.0. The lowest BCUT2D eigenvalue weighted by Gasteiger charge is -2.24. The van der Waals surface area contributed by atoms with Crippen LogP contribution in [-0.2, 0) is 4.79 Å². The van der Waals surface area contributed by atoms with Gasteiger partial charge in [0.15, 0.2) is 0 Å². The van der Waals surface area contributed by atoms with Crippen LogP contribution < -0.4 is 9.64 Å².